The Morgan fingerprint density at radius 1 is 1.09 bits per heavy atom. The zero-order valence-electron chi connectivity index (χ0n) is 20.5. The van der Waals surface area contributed by atoms with Gasteiger partial charge in [-0.1, -0.05) is 44.2 Å². The zero-order valence-corrected chi connectivity index (χ0v) is 20.5. The van der Waals surface area contributed by atoms with Crippen LogP contribution in [0.3, 0.4) is 0 Å². The van der Waals surface area contributed by atoms with Crippen molar-refractivity contribution in [2.24, 2.45) is 5.41 Å². The number of alkyl carbamates (subject to hydrolysis) is 1. The maximum Gasteiger partial charge on any atom is 0.407 e. The molecule has 0 saturated carbocycles. The van der Waals surface area contributed by atoms with Gasteiger partial charge < -0.3 is 24.6 Å². The fourth-order valence-electron chi connectivity index (χ4n) is 3.25. The van der Waals surface area contributed by atoms with Crippen molar-refractivity contribution in [3.05, 3.63) is 35.9 Å². The molecule has 2 atom stereocenters. The summed E-state index contributed by atoms with van der Waals surface area (Å²) < 4.78 is 16.1. The smallest absolute Gasteiger partial charge is 0.407 e. The summed E-state index contributed by atoms with van der Waals surface area (Å²) in [7, 11) is 0. The monoisotopic (exact) mass is 451 g/mol. The van der Waals surface area contributed by atoms with Crippen molar-refractivity contribution in [1.82, 2.24) is 5.32 Å². The van der Waals surface area contributed by atoms with Gasteiger partial charge in [0.05, 0.1) is 25.4 Å². The normalized spacial score (nSPS) is 13.8. The summed E-state index contributed by atoms with van der Waals surface area (Å²) in [6.07, 6.45) is 0.0365. The first-order chi connectivity index (χ1) is 14.9. The third-order valence-corrected chi connectivity index (χ3v) is 4.92. The Balaban J connectivity index is 2.67. The number of aliphatic hydroxyl groups is 1. The molecule has 0 radical (unpaired) electrons. The van der Waals surface area contributed by atoms with Crippen LogP contribution in [0.4, 0.5) is 4.79 Å². The molecule has 182 valence electrons. The van der Waals surface area contributed by atoms with Crippen molar-refractivity contribution < 1.29 is 28.9 Å². The molecule has 0 aromatic heterocycles. The lowest BCUT2D eigenvalue weighted by Gasteiger charge is -2.33. The van der Waals surface area contributed by atoms with E-state index < -0.39 is 23.8 Å². The Kier molecular flexibility index (Phi) is 11.7. The van der Waals surface area contributed by atoms with Crippen LogP contribution in [0, 0.1) is 5.41 Å². The number of hydrogen-bond donors (Lipinski definition) is 2. The van der Waals surface area contributed by atoms with E-state index in [0.29, 0.717) is 26.2 Å². The van der Waals surface area contributed by atoms with E-state index >= 15 is 0 Å². The number of hydrogen-bond acceptors (Lipinski definition) is 6. The van der Waals surface area contributed by atoms with Crippen molar-refractivity contribution in [3.8, 4) is 0 Å². The molecule has 7 nitrogen and oxygen atoms in total. The molecule has 1 aromatic rings. The second kappa shape index (κ2) is 13.4. The van der Waals surface area contributed by atoms with Crippen molar-refractivity contribution in [1.29, 1.82) is 0 Å². The Labute approximate surface area is 192 Å². The van der Waals surface area contributed by atoms with E-state index in [1.54, 1.807) is 27.7 Å². The van der Waals surface area contributed by atoms with Gasteiger partial charge >= 0.3 is 12.1 Å². The number of ether oxygens (including phenoxy) is 3. The molecule has 0 aliphatic heterocycles. The van der Waals surface area contributed by atoms with Gasteiger partial charge in [0.1, 0.15) is 5.60 Å². The van der Waals surface area contributed by atoms with Crippen LogP contribution in [0.5, 0.6) is 0 Å². The molecule has 1 amide bonds. The average molecular weight is 452 g/mol. The molecule has 0 aliphatic rings. The quantitative estimate of drug-likeness (QED) is 0.336. The highest BCUT2D eigenvalue weighted by atomic mass is 16.6. The molecule has 0 saturated heterocycles. The predicted molar refractivity (Wildman–Crippen MR) is 124 cm³/mol. The first-order valence-corrected chi connectivity index (χ1v) is 11.4. The van der Waals surface area contributed by atoms with E-state index in [0.717, 1.165) is 12.0 Å². The standard InChI is InChI=1S/C25H41NO6/c1-7-31-22(28)14-13-21(27)20(26-23(29)32-24(2,3)4)17-25(5,6)15-16-30-18-19-11-9-8-10-12-19/h8-12,20-21,27H,7,13-18H2,1-6H3,(H,26,29)/t20-,21+/m0/s1. The molecule has 0 unspecified atom stereocenters. The molecule has 1 rings (SSSR count). The molecule has 0 aliphatic carbocycles. The van der Waals surface area contributed by atoms with Crippen molar-refractivity contribution in [2.45, 2.75) is 91.6 Å². The van der Waals surface area contributed by atoms with E-state index in [4.69, 9.17) is 14.2 Å². The summed E-state index contributed by atoms with van der Waals surface area (Å²) in [6, 6.07) is 9.40. The number of esters is 1. The van der Waals surface area contributed by atoms with E-state index in [2.05, 4.69) is 19.2 Å². The minimum Gasteiger partial charge on any atom is -0.466 e. The van der Waals surface area contributed by atoms with Gasteiger partial charge in [-0.3, -0.25) is 4.79 Å². The Morgan fingerprint density at radius 3 is 2.34 bits per heavy atom. The van der Waals surface area contributed by atoms with Gasteiger partial charge in [0.2, 0.25) is 0 Å². The largest absolute Gasteiger partial charge is 0.466 e. The van der Waals surface area contributed by atoms with Gasteiger partial charge in [-0.15, -0.1) is 0 Å². The SMILES string of the molecule is CCOC(=O)CC[C@@H](O)[C@H](CC(C)(C)CCOCc1ccccc1)NC(=O)OC(C)(C)C. The zero-order chi connectivity index (χ0) is 24.2. The molecule has 32 heavy (non-hydrogen) atoms. The van der Waals surface area contributed by atoms with Crippen molar-refractivity contribution in [2.75, 3.05) is 13.2 Å². The molecular weight excluding hydrogens is 410 g/mol. The maximum absolute atomic E-state index is 12.4. The molecule has 1 aromatic carbocycles. The van der Waals surface area contributed by atoms with Gasteiger partial charge in [-0.2, -0.15) is 0 Å². The van der Waals surface area contributed by atoms with Crippen LogP contribution in [-0.4, -0.2) is 48.1 Å². The number of rotatable bonds is 13. The molecule has 0 bridgehead atoms. The minimum absolute atomic E-state index is 0.0854. The topological polar surface area (TPSA) is 94.1 Å². The Hall–Kier alpha value is -2.12. The highest BCUT2D eigenvalue weighted by Crippen LogP contribution is 2.29. The van der Waals surface area contributed by atoms with Crippen LogP contribution in [0.15, 0.2) is 30.3 Å². The highest BCUT2D eigenvalue weighted by molar-refractivity contribution is 5.69. The van der Waals surface area contributed by atoms with E-state index in [1.807, 2.05) is 30.3 Å². The fraction of sp³-hybridized carbons (Fsp3) is 0.680. The Bertz CT molecular complexity index is 683. The van der Waals surface area contributed by atoms with Crippen LogP contribution in [0.2, 0.25) is 0 Å². The molecule has 0 fully saturated rings. The third-order valence-electron chi connectivity index (χ3n) is 4.92. The lowest BCUT2D eigenvalue weighted by atomic mass is 9.81. The molecule has 7 heteroatoms. The average Bonchev–Trinajstić information content (AvgIpc) is 2.68. The number of aliphatic hydroxyl groups excluding tert-OH is 1. The third kappa shape index (κ3) is 12.7. The summed E-state index contributed by atoms with van der Waals surface area (Å²) >= 11 is 0. The molecule has 0 heterocycles. The van der Waals surface area contributed by atoms with E-state index in [9.17, 15) is 14.7 Å². The summed E-state index contributed by atoms with van der Waals surface area (Å²) in [5.41, 5.74) is 0.247. The summed E-state index contributed by atoms with van der Waals surface area (Å²) in [6.45, 7) is 12.6. The molecular formula is C25H41NO6. The summed E-state index contributed by atoms with van der Waals surface area (Å²) in [5.74, 6) is -0.365. The summed E-state index contributed by atoms with van der Waals surface area (Å²) in [5, 5.41) is 13.5. The van der Waals surface area contributed by atoms with Crippen LogP contribution in [0.25, 0.3) is 0 Å². The lowest BCUT2D eigenvalue weighted by Crippen LogP contribution is -2.47. The first kappa shape index (κ1) is 27.9. The van der Waals surface area contributed by atoms with Gasteiger partial charge in [0.25, 0.3) is 0 Å². The van der Waals surface area contributed by atoms with Gasteiger partial charge in [0.15, 0.2) is 0 Å². The predicted octanol–water partition coefficient (Wildman–Crippen LogP) is 4.61. The van der Waals surface area contributed by atoms with Crippen LogP contribution >= 0.6 is 0 Å². The fourth-order valence-corrected chi connectivity index (χ4v) is 3.25. The minimum atomic E-state index is -0.906. The first-order valence-electron chi connectivity index (χ1n) is 11.4. The highest BCUT2D eigenvalue weighted by Gasteiger charge is 2.31. The van der Waals surface area contributed by atoms with Crippen molar-refractivity contribution >= 4 is 12.1 Å². The Morgan fingerprint density at radius 2 is 1.75 bits per heavy atom. The maximum atomic E-state index is 12.4. The number of nitrogens with one attached hydrogen (secondary N) is 1. The number of benzene rings is 1. The lowest BCUT2D eigenvalue weighted by molar-refractivity contribution is -0.143. The molecule has 0 spiro atoms. The number of carbonyl (C=O) groups excluding carboxylic acids is 2. The summed E-state index contributed by atoms with van der Waals surface area (Å²) in [4.78, 5) is 24.1. The van der Waals surface area contributed by atoms with Crippen LogP contribution in [0.1, 0.15) is 72.8 Å². The number of carbonyl (C=O) groups is 2. The van der Waals surface area contributed by atoms with Crippen LogP contribution in [-0.2, 0) is 25.6 Å². The second-order valence-electron chi connectivity index (χ2n) is 9.82. The second-order valence-corrected chi connectivity index (χ2v) is 9.82. The van der Waals surface area contributed by atoms with Gasteiger partial charge in [-0.05, 0) is 57.9 Å². The van der Waals surface area contributed by atoms with Gasteiger partial charge in [0, 0.05) is 13.0 Å². The van der Waals surface area contributed by atoms with Crippen LogP contribution < -0.4 is 5.32 Å². The number of amides is 1. The van der Waals surface area contributed by atoms with E-state index in [-0.39, 0.29) is 24.2 Å². The van der Waals surface area contributed by atoms with Crippen molar-refractivity contribution in [3.63, 3.8) is 0 Å². The van der Waals surface area contributed by atoms with E-state index in [1.165, 1.54) is 0 Å². The molecule has 2 N–H and O–H groups in total. The van der Waals surface area contributed by atoms with Gasteiger partial charge in [-0.25, -0.2) is 4.79 Å².